The molecule has 0 aliphatic heterocycles. The van der Waals surface area contributed by atoms with E-state index in [1.165, 1.54) is 6.07 Å². The normalized spacial score (nSPS) is 10.6. The summed E-state index contributed by atoms with van der Waals surface area (Å²) in [5, 5.41) is 2.58. The molecule has 2 aromatic carbocycles. The first-order valence-corrected chi connectivity index (χ1v) is 7.50. The van der Waals surface area contributed by atoms with E-state index in [-0.39, 0.29) is 5.75 Å². The Kier molecular flexibility index (Phi) is 5.63. The van der Waals surface area contributed by atoms with E-state index < -0.39 is 16.6 Å². The van der Waals surface area contributed by atoms with Gasteiger partial charge in [0, 0.05) is 5.69 Å². The molecule has 1 amide bonds. The van der Waals surface area contributed by atoms with Gasteiger partial charge in [0.25, 0.3) is 5.91 Å². The Labute approximate surface area is 138 Å². The summed E-state index contributed by atoms with van der Waals surface area (Å²) >= 11 is 11.0. The smallest absolute Gasteiger partial charge is 0.257 e. The van der Waals surface area contributed by atoms with Crippen molar-refractivity contribution in [3.63, 3.8) is 0 Å². The molecule has 0 unspecified atom stereocenters. The van der Waals surface area contributed by atoms with Crippen LogP contribution in [0.15, 0.2) is 42.5 Å². The lowest BCUT2D eigenvalue weighted by atomic mass is 10.0. The van der Waals surface area contributed by atoms with Crippen molar-refractivity contribution in [3.05, 3.63) is 48.3 Å². The first kappa shape index (κ1) is 16.6. The van der Waals surface area contributed by atoms with Crippen molar-refractivity contribution in [1.29, 1.82) is 0 Å². The number of benzene rings is 2. The van der Waals surface area contributed by atoms with Crippen molar-refractivity contribution >= 4 is 34.8 Å². The summed E-state index contributed by atoms with van der Waals surface area (Å²) in [6.07, 6.45) is 0. The highest BCUT2D eigenvalue weighted by atomic mass is 35.5. The fourth-order valence-electron chi connectivity index (χ4n) is 1.93. The van der Waals surface area contributed by atoms with Gasteiger partial charge in [0.2, 0.25) is 0 Å². The number of anilines is 1. The summed E-state index contributed by atoms with van der Waals surface area (Å²) in [5.74, 6) is -0.739. The monoisotopic (exact) mass is 341 g/mol. The predicted molar refractivity (Wildman–Crippen MR) is 87.1 cm³/mol. The number of amides is 1. The summed E-state index contributed by atoms with van der Waals surface area (Å²) in [6.45, 7) is 2.19. The number of alkyl halides is 2. The largest absolute Gasteiger partial charge is 0.491 e. The van der Waals surface area contributed by atoms with Gasteiger partial charge in [-0.25, -0.2) is 4.39 Å². The van der Waals surface area contributed by atoms with Gasteiger partial charge in [0.1, 0.15) is 0 Å². The van der Waals surface area contributed by atoms with Crippen LogP contribution in [0.4, 0.5) is 10.1 Å². The molecule has 2 rings (SSSR count). The Morgan fingerprint density at radius 3 is 2.59 bits per heavy atom. The summed E-state index contributed by atoms with van der Waals surface area (Å²) < 4.78 is 19.1. The second-order valence-electron chi connectivity index (χ2n) is 4.45. The van der Waals surface area contributed by atoms with Crippen LogP contribution in [-0.4, -0.2) is 17.4 Å². The fraction of sp³-hybridized carbons (Fsp3) is 0.188. The molecule has 0 spiro atoms. The molecular formula is C16H14Cl2FNO2. The molecule has 0 atom stereocenters. The number of hydrogen-bond acceptors (Lipinski definition) is 2. The first-order chi connectivity index (χ1) is 10.5. The van der Waals surface area contributed by atoms with Crippen molar-refractivity contribution in [3.8, 4) is 16.9 Å². The number of carbonyl (C=O) groups excluding carboxylic acids is 1. The third-order valence-corrected chi connectivity index (χ3v) is 3.29. The van der Waals surface area contributed by atoms with Gasteiger partial charge in [-0.1, -0.05) is 41.4 Å². The summed E-state index contributed by atoms with van der Waals surface area (Å²) in [7, 11) is 0. The fourth-order valence-corrected chi connectivity index (χ4v) is 2.04. The molecule has 22 heavy (non-hydrogen) atoms. The number of carbonyl (C=O) groups is 1. The standard InChI is InChI=1S/C16H14Cl2FNO2/c1-2-22-14-7-6-11(9-13(14)19)10-4-3-5-12(8-10)20-16(21)15(17)18/h3-9,15H,2H2,1H3,(H,20,21). The van der Waals surface area contributed by atoms with Gasteiger partial charge in [0.15, 0.2) is 16.4 Å². The van der Waals surface area contributed by atoms with Crippen LogP contribution in [0.25, 0.3) is 11.1 Å². The Hall–Kier alpha value is -1.78. The SMILES string of the molecule is CCOc1ccc(-c2cccc(NC(=O)C(Cl)Cl)c2)cc1F. The topological polar surface area (TPSA) is 38.3 Å². The maximum Gasteiger partial charge on any atom is 0.257 e. The molecule has 0 saturated carbocycles. The van der Waals surface area contributed by atoms with E-state index in [1.807, 2.05) is 6.07 Å². The zero-order valence-corrected chi connectivity index (χ0v) is 13.3. The van der Waals surface area contributed by atoms with E-state index in [9.17, 15) is 9.18 Å². The number of nitrogens with one attached hydrogen (secondary N) is 1. The Morgan fingerprint density at radius 2 is 1.95 bits per heavy atom. The minimum atomic E-state index is -1.15. The van der Waals surface area contributed by atoms with Crippen LogP contribution in [0.3, 0.4) is 0 Å². The van der Waals surface area contributed by atoms with Crippen LogP contribution >= 0.6 is 23.2 Å². The quantitative estimate of drug-likeness (QED) is 0.805. The van der Waals surface area contributed by atoms with Crippen LogP contribution in [0, 0.1) is 5.82 Å². The number of hydrogen-bond donors (Lipinski definition) is 1. The molecule has 2 aromatic rings. The van der Waals surface area contributed by atoms with Crippen molar-refractivity contribution in [2.45, 2.75) is 11.8 Å². The lowest BCUT2D eigenvalue weighted by molar-refractivity contribution is -0.114. The molecule has 0 aliphatic rings. The highest BCUT2D eigenvalue weighted by Crippen LogP contribution is 2.27. The molecule has 0 aliphatic carbocycles. The third kappa shape index (κ3) is 4.12. The van der Waals surface area contributed by atoms with E-state index >= 15 is 0 Å². The molecule has 1 N–H and O–H groups in total. The minimum Gasteiger partial charge on any atom is -0.491 e. The van der Waals surface area contributed by atoms with Crippen LogP contribution in [0.1, 0.15) is 6.92 Å². The van der Waals surface area contributed by atoms with Crippen LogP contribution < -0.4 is 10.1 Å². The van der Waals surface area contributed by atoms with Crippen molar-refractivity contribution in [2.75, 3.05) is 11.9 Å². The van der Waals surface area contributed by atoms with E-state index in [0.717, 1.165) is 5.56 Å². The van der Waals surface area contributed by atoms with Gasteiger partial charge in [-0.15, -0.1) is 0 Å². The number of rotatable bonds is 5. The van der Waals surface area contributed by atoms with Crippen LogP contribution in [-0.2, 0) is 4.79 Å². The van der Waals surface area contributed by atoms with E-state index in [4.69, 9.17) is 27.9 Å². The second kappa shape index (κ2) is 7.47. The minimum absolute atomic E-state index is 0.211. The molecule has 0 saturated heterocycles. The molecule has 0 radical (unpaired) electrons. The Morgan fingerprint density at radius 1 is 1.23 bits per heavy atom. The molecule has 116 valence electrons. The summed E-state index contributed by atoms with van der Waals surface area (Å²) in [6, 6.07) is 11.7. The van der Waals surface area contributed by atoms with Gasteiger partial charge in [0.05, 0.1) is 6.61 Å². The van der Waals surface area contributed by atoms with Crippen molar-refractivity contribution in [2.24, 2.45) is 0 Å². The second-order valence-corrected chi connectivity index (χ2v) is 5.55. The third-order valence-electron chi connectivity index (χ3n) is 2.89. The van der Waals surface area contributed by atoms with Crippen LogP contribution in [0.2, 0.25) is 0 Å². The summed E-state index contributed by atoms with van der Waals surface area (Å²) in [5.41, 5.74) is 1.95. The average Bonchev–Trinajstić information content (AvgIpc) is 2.49. The van der Waals surface area contributed by atoms with Crippen LogP contribution in [0.5, 0.6) is 5.75 Å². The highest BCUT2D eigenvalue weighted by Gasteiger charge is 2.12. The van der Waals surface area contributed by atoms with Gasteiger partial charge < -0.3 is 10.1 Å². The van der Waals surface area contributed by atoms with Gasteiger partial charge in [-0.3, -0.25) is 4.79 Å². The predicted octanol–water partition coefficient (Wildman–Crippen LogP) is 4.63. The first-order valence-electron chi connectivity index (χ1n) is 6.63. The molecule has 0 aromatic heterocycles. The molecule has 3 nitrogen and oxygen atoms in total. The maximum absolute atomic E-state index is 13.9. The Balaban J connectivity index is 2.26. The number of halogens is 3. The number of ether oxygens (including phenoxy) is 1. The van der Waals surface area contributed by atoms with E-state index in [0.29, 0.717) is 17.9 Å². The zero-order valence-electron chi connectivity index (χ0n) is 11.8. The lowest BCUT2D eigenvalue weighted by Gasteiger charge is -2.09. The Bertz CT molecular complexity index is 677. The van der Waals surface area contributed by atoms with Crippen molar-refractivity contribution < 1.29 is 13.9 Å². The van der Waals surface area contributed by atoms with E-state index in [1.54, 1.807) is 37.3 Å². The van der Waals surface area contributed by atoms with E-state index in [2.05, 4.69) is 5.32 Å². The van der Waals surface area contributed by atoms with Gasteiger partial charge >= 0.3 is 0 Å². The maximum atomic E-state index is 13.9. The summed E-state index contributed by atoms with van der Waals surface area (Å²) in [4.78, 5) is 10.3. The molecule has 6 heteroatoms. The van der Waals surface area contributed by atoms with Crippen molar-refractivity contribution in [1.82, 2.24) is 0 Å². The highest BCUT2D eigenvalue weighted by molar-refractivity contribution is 6.54. The van der Waals surface area contributed by atoms with Gasteiger partial charge in [-0.05, 0) is 42.3 Å². The average molecular weight is 342 g/mol. The molecule has 0 bridgehead atoms. The molecular weight excluding hydrogens is 328 g/mol. The molecule has 0 heterocycles. The molecule has 0 fully saturated rings. The zero-order chi connectivity index (χ0) is 16.1. The van der Waals surface area contributed by atoms with Gasteiger partial charge in [-0.2, -0.15) is 0 Å². The lowest BCUT2D eigenvalue weighted by Crippen LogP contribution is -2.18.